The van der Waals surface area contributed by atoms with Gasteiger partial charge in [0.15, 0.2) is 0 Å². The summed E-state index contributed by atoms with van der Waals surface area (Å²) in [6, 6.07) is 15.8. The molecule has 2 heterocycles. The van der Waals surface area contributed by atoms with E-state index in [0.717, 1.165) is 11.1 Å². The molecule has 0 aliphatic heterocycles. The highest BCUT2D eigenvalue weighted by Gasteiger charge is 2.25. The summed E-state index contributed by atoms with van der Waals surface area (Å²) in [4.78, 5) is 18.6. The standard InChI is InChI=1S/C20H17FN4O2/c1-24(12-15-7-9-16(21)10-8-15)19(26)18-17(11-14-5-3-2-4-6-14)25-20(27-18)22-13-23-25/h2-10,13H,11-12H2,1H3. The zero-order valence-corrected chi connectivity index (χ0v) is 14.7. The average Bonchev–Trinajstić information content (AvgIpc) is 3.26. The van der Waals surface area contributed by atoms with E-state index >= 15 is 0 Å². The van der Waals surface area contributed by atoms with Crippen molar-refractivity contribution in [3.63, 3.8) is 0 Å². The number of benzene rings is 2. The first kappa shape index (κ1) is 17.0. The number of halogens is 1. The van der Waals surface area contributed by atoms with Crippen LogP contribution in [0.15, 0.2) is 65.3 Å². The lowest BCUT2D eigenvalue weighted by Crippen LogP contribution is -2.27. The van der Waals surface area contributed by atoms with Gasteiger partial charge in [-0.1, -0.05) is 42.5 Å². The summed E-state index contributed by atoms with van der Waals surface area (Å²) in [5, 5.41) is 4.17. The molecule has 136 valence electrons. The lowest BCUT2D eigenvalue weighted by molar-refractivity contribution is 0.0754. The van der Waals surface area contributed by atoms with E-state index < -0.39 is 0 Å². The SMILES string of the molecule is CN(Cc1ccc(F)cc1)C(=O)c1oc2ncnn2c1Cc1ccccc1. The second kappa shape index (κ2) is 7.03. The Kier molecular flexibility index (Phi) is 4.42. The lowest BCUT2D eigenvalue weighted by atomic mass is 10.1. The fraction of sp³-hybridized carbons (Fsp3) is 0.150. The Hall–Kier alpha value is -3.48. The van der Waals surface area contributed by atoms with Gasteiger partial charge in [0.05, 0.1) is 0 Å². The van der Waals surface area contributed by atoms with Gasteiger partial charge in [0, 0.05) is 20.0 Å². The summed E-state index contributed by atoms with van der Waals surface area (Å²) >= 11 is 0. The Labute approximate surface area is 154 Å². The lowest BCUT2D eigenvalue weighted by Gasteiger charge is -2.16. The molecule has 4 rings (SSSR count). The summed E-state index contributed by atoms with van der Waals surface area (Å²) < 4.78 is 20.3. The maximum Gasteiger partial charge on any atom is 0.325 e. The summed E-state index contributed by atoms with van der Waals surface area (Å²) in [6.45, 7) is 0.334. The van der Waals surface area contributed by atoms with Gasteiger partial charge in [0.2, 0.25) is 5.76 Å². The Bertz CT molecular complexity index is 1070. The first-order valence-corrected chi connectivity index (χ1v) is 8.47. The molecule has 0 N–H and O–H groups in total. The topological polar surface area (TPSA) is 63.6 Å². The highest BCUT2D eigenvalue weighted by molar-refractivity contribution is 5.93. The van der Waals surface area contributed by atoms with E-state index in [4.69, 9.17) is 4.42 Å². The molecule has 0 unspecified atom stereocenters. The molecule has 0 spiro atoms. The van der Waals surface area contributed by atoms with E-state index in [2.05, 4.69) is 10.1 Å². The van der Waals surface area contributed by atoms with Crippen molar-refractivity contribution < 1.29 is 13.6 Å². The van der Waals surface area contributed by atoms with E-state index in [9.17, 15) is 9.18 Å². The largest absolute Gasteiger partial charge is 0.416 e. The van der Waals surface area contributed by atoms with Crippen LogP contribution >= 0.6 is 0 Å². The number of rotatable bonds is 5. The van der Waals surface area contributed by atoms with Crippen LogP contribution in [0.5, 0.6) is 0 Å². The van der Waals surface area contributed by atoms with Gasteiger partial charge in [-0.3, -0.25) is 4.79 Å². The summed E-state index contributed by atoms with van der Waals surface area (Å²) in [5.74, 6) is -0.104. The van der Waals surface area contributed by atoms with Gasteiger partial charge in [-0.15, -0.1) is 0 Å². The van der Waals surface area contributed by atoms with Crippen LogP contribution < -0.4 is 0 Å². The maximum absolute atomic E-state index is 13.1. The van der Waals surface area contributed by atoms with E-state index in [0.29, 0.717) is 18.7 Å². The smallest absolute Gasteiger partial charge is 0.325 e. The predicted octanol–water partition coefficient (Wildman–Crippen LogP) is 3.32. The van der Waals surface area contributed by atoms with Crippen LogP contribution in [-0.2, 0) is 13.0 Å². The van der Waals surface area contributed by atoms with Crippen molar-refractivity contribution in [2.45, 2.75) is 13.0 Å². The van der Waals surface area contributed by atoms with Gasteiger partial charge in [0.25, 0.3) is 5.91 Å². The summed E-state index contributed by atoms with van der Waals surface area (Å²) in [7, 11) is 1.68. The second-order valence-corrected chi connectivity index (χ2v) is 6.28. The fourth-order valence-corrected chi connectivity index (χ4v) is 2.95. The Morgan fingerprint density at radius 2 is 1.85 bits per heavy atom. The Balaban J connectivity index is 1.63. The third-order valence-corrected chi connectivity index (χ3v) is 4.32. The first-order chi connectivity index (χ1) is 13.1. The van der Waals surface area contributed by atoms with E-state index in [1.54, 1.807) is 23.7 Å². The zero-order chi connectivity index (χ0) is 18.8. The summed E-state index contributed by atoms with van der Waals surface area (Å²) in [6.07, 6.45) is 1.88. The molecular weight excluding hydrogens is 347 g/mol. The quantitative estimate of drug-likeness (QED) is 0.545. The molecule has 0 radical (unpaired) electrons. The van der Waals surface area contributed by atoms with E-state index in [-0.39, 0.29) is 23.3 Å². The van der Waals surface area contributed by atoms with Crippen molar-refractivity contribution in [2.75, 3.05) is 7.05 Å². The van der Waals surface area contributed by atoms with Gasteiger partial charge in [-0.25, -0.2) is 4.39 Å². The van der Waals surface area contributed by atoms with Crippen LogP contribution in [0.1, 0.15) is 27.4 Å². The zero-order valence-electron chi connectivity index (χ0n) is 14.7. The van der Waals surface area contributed by atoms with Crippen molar-refractivity contribution in [3.8, 4) is 0 Å². The molecular formula is C20H17FN4O2. The van der Waals surface area contributed by atoms with Crippen LogP contribution in [-0.4, -0.2) is 32.5 Å². The molecule has 6 nitrogen and oxygen atoms in total. The minimum Gasteiger partial charge on any atom is -0.416 e. The number of aromatic nitrogens is 3. The number of nitrogens with zero attached hydrogens (tertiary/aromatic N) is 4. The number of carbonyl (C=O) groups is 1. The average molecular weight is 364 g/mol. The first-order valence-electron chi connectivity index (χ1n) is 8.47. The van der Waals surface area contributed by atoms with Crippen molar-refractivity contribution in [1.29, 1.82) is 0 Å². The summed E-state index contributed by atoms with van der Waals surface area (Å²) in [5.41, 5.74) is 2.50. The molecule has 27 heavy (non-hydrogen) atoms. The van der Waals surface area contributed by atoms with Crippen molar-refractivity contribution in [1.82, 2.24) is 19.5 Å². The van der Waals surface area contributed by atoms with E-state index in [1.165, 1.54) is 23.4 Å². The third-order valence-electron chi connectivity index (χ3n) is 4.32. The molecule has 7 heteroatoms. The molecule has 0 fully saturated rings. The molecule has 0 aliphatic carbocycles. The maximum atomic E-state index is 13.1. The monoisotopic (exact) mass is 364 g/mol. The van der Waals surface area contributed by atoms with Gasteiger partial charge in [-0.2, -0.15) is 14.6 Å². The molecule has 1 amide bonds. The molecule has 2 aromatic heterocycles. The Morgan fingerprint density at radius 3 is 2.59 bits per heavy atom. The minimum absolute atomic E-state index is 0.207. The Morgan fingerprint density at radius 1 is 1.11 bits per heavy atom. The van der Waals surface area contributed by atoms with Gasteiger partial charge in [0.1, 0.15) is 17.8 Å². The van der Waals surface area contributed by atoms with Crippen LogP contribution in [0, 0.1) is 5.82 Å². The minimum atomic E-state index is -0.309. The van der Waals surface area contributed by atoms with Gasteiger partial charge >= 0.3 is 5.84 Å². The highest BCUT2D eigenvalue weighted by Crippen LogP contribution is 2.20. The molecule has 4 aromatic rings. The second-order valence-electron chi connectivity index (χ2n) is 6.28. The van der Waals surface area contributed by atoms with Crippen molar-refractivity contribution in [3.05, 3.63) is 89.3 Å². The number of hydrogen-bond acceptors (Lipinski definition) is 4. The molecule has 0 saturated heterocycles. The van der Waals surface area contributed by atoms with Crippen molar-refractivity contribution in [2.24, 2.45) is 0 Å². The molecule has 0 bridgehead atoms. The number of amides is 1. The van der Waals surface area contributed by atoms with Gasteiger partial charge in [-0.05, 0) is 23.3 Å². The third kappa shape index (κ3) is 3.44. The normalized spacial score (nSPS) is 11.0. The van der Waals surface area contributed by atoms with Crippen molar-refractivity contribution >= 4 is 11.8 Å². The van der Waals surface area contributed by atoms with Crippen LogP contribution in [0.25, 0.3) is 5.84 Å². The van der Waals surface area contributed by atoms with Gasteiger partial charge < -0.3 is 9.32 Å². The number of hydrogen-bond donors (Lipinski definition) is 0. The predicted molar refractivity (Wildman–Crippen MR) is 96.7 cm³/mol. The van der Waals surface area contributed by atoms with Crippen LogP contribution in [0.2, 0.25) is 0 Å². The number of oxazole rings is 1. The molecule has 0 saturated carbocycles. The highest BCUT2D eigenvalue weighted by atomic mass is 19.1. The number of fused-ring (bicyclic) bond motifs is 1. The van der Waals surface area contributed by atoms with E-state index in [1.807, 2.05) is 30.3 Å². The van der Waals surface area contributed by atoms with Crippen LogP contribution in [0.4, 0.5) is 4.39 Å². The molecule has 2 aromatic carbocycles. The molecule has 0 aliphatic rings. The fourth-order valence-electron chi connectivity index (χ4n) is 2.95. The number of carbonyl (C=O) groups excluding carboxylic acids is 1. The molecule has 0 atom stereocenters. The van der Waals surface area contributed by atoms with Crippen LogP contribution in [0.3, 0.4) is 0 Å².